The minimum absolute atomic E-state index is 0.216. The standard InChI is InChI=1S/C25H26O6S2/c26-32(27,28)16-6-14-25(15-7-17-33(29,30)31)23-11-5-4-10-21(23)22-13-12-20(18-24(22)25)19-8-2-1-3-9-19/h1-5,8-13,18H,6-7,14-17H2,(H,26,27,28)(H,29,30,31). The van der Waals surface area contributed by atoms with Crippen molar-refractivity contribution in [3.8, 4) is 22.3 Å². The Labute approximate surface area is 194 Å². The summed E-state index contributed by atoms with van der Waals surface area (Å²) in [5, 5.41) is 0. The quantitative estimate of drug-likeness (QED) is 0.414. The van der Waals surface area contributed by atoms with E-state index >= 15 is 0 Å². The van der Waals surface area contributed by atoms with E-state index in [0.717, 1.165) is 33.4 Å². The van der Waals surface area contributed by atoms with Crippen molar-refractivity contribution in [1.82, 2.24) is 0 Å². The molecule has 3 aromatic carbocycles. The van der Waals surface area contributed by atoms with Crippen molar-refractivity contribution >= 4 is 20.2 Å². The summed E-state index contributed by atoms with van der Waals surface area (Å²) in [6, 6.07) is 24.0. The summed E-state index contributed by atoms with van der Waals surface area (Å²) in [5.41, 5.74) is 5.50. The molecule has 0 heterocycles. The predicted molar refractivity (Wildman–Crippen MR) is 129 cm³/mol. The van der Waals surface area contributed by atoms with Crippen molar-refractivity contribution in [2.45, 2.75) is 31.1 Å². The molecule has 2 N–H and O–H groups in total. The molecule has 0 bridgehead atoms. The Morgan fingerprint density at radius 2 is 1.15 bits per heavy atom. The first-order valence-electron chi connectivity index (χ1n) is 10.8. The van der Waals surface area contributed by atoms with Crippen molar-refractivity contribution in [2.24, 2.45) is 0 Å². The molecule has 0 spiro atoms. The van der Waals surface area contributed by atoms with Gasteiger partial charge in [-0.05, 0) is 65.1 Å². The number of benzene rings is 3. The van der Waals surface area contributed by atoms with E-state index in [1.165, 1.54) is 0 Å². The van der Waals surface area contributed by atoms with E-state index in [0.29, 0.717) is 12.8 Å². The maximum atomic E-state index is 11.4. The first-order valence-corrected chi connectivity index (χ1v) is 14.0. The van der Waals surface area contributed by atoms with E-state index in [-0.39, 0.29) is 24.3 Å². The van der Waals surface area contributed by atoms with Gasteiger partial charge >= 0.3 is 0 Å². The molecule has 0 unspecified atom stereocenters. The topological polar surface area (TPSA) is 109 Å². The van der Waals surface area contributed by atoms with Gasteiger partial charge in [0.05, 0.1) is 11.5 Å². The molecule has 0 aliphatic heterocycles. The fourth-order valence-corrected chi connectivity index (χ4v) is 6.06. The molecule has 0 amide bonds. The van der Waals surface area contributed by atoms with E-state index < -0.39 is 25.7 Å². The van der Waals surface area contributed by atoms with Crippen LogP contribution in [0.25, 0.3) is 22.3 Å². The van der Waals surface area contributed by atoms with Gasteiger partial charge in [0, 0.05) is 5.41 Å². The largest absolute Gasteiger partial charge is 0.286 e. The lowest BCUT2D eigenvalue weighted by Crippen LogP contribution is -2.27. The van der Waals surface area contributed by atoms with Gasteiger partial charge in [0.1, 0.15) is 0 Å². The molecular formula is C25H26O6S2. The van der Waals surface area contributed by atoms with Crippen LogP contribution in [0, 0.1) is 0 Å². The molecule has 1 aliphatic rings. The van der Waals surface area contributed by atoms with Gasteiger partial charge in [0.2, 0.25) is 0 Å². The van der Waals surface area contributed by atoms with Crippen molar-refractivity contribution in [3.63, 3.8) is 0 Å². The van der Waals surface area contributed by atoms with E-state index in [1.807, 2.05) is 54.6 Å². The highest BCUT2D eigenvalue weighted by Gasteiger charge is 2.42. The fourth-order valence-electron chi connectivity index (χ4n) is 5.04. The third kappa shape index (κ3) is 5.19. The lowest BCUT2D eigenvalue weighted by atomic mass is 9.71. The number of hydrogen-bond acceptors (Lipinski definition) is 4. The second kappa shape index (κ2) is 9.02. The zero-order valence-electron chi connectivity index (χ0n) is 18.0. The van der Waals surface area contributed by atoms with Crippen LogP contribution in [-0.2, 0) is 25.7 Å². The SMILES string of the molecule is O=S(=O)(O)CCCC1(CCCS(=O)(=O)O)c2ccccc2-c2ccc(-c3ccccc3)cc21. The van der Waals surface area contributed by atoms with Gasteiger partial charge < -0.3 is 0 Å². The first-order chi connectivity index (χ1) is 15.6. The lowest BCUT2D eigenvalue weighted by Gasteiger charge is -2.33. The second-order valence-electron chi connectivity index (χ2n) is 8.53. The molecule has 174 valence electrons. The lowest BCUT2D eigenvalue weighted by molar-refractivity contribution is 0.423. The summed E-state index contributed by atoms with van der Waals surface area (Å²) in [6.45, 7) is 0. The van der Waals surface area contributed by atoms with Crippen LogP contribution in [-0.4, -0.2) is 37.4 Å². The molecular weight excluding hydrogens is 460 g/mol. The maximum absolute atomic E-state index is 11.4. The molecule has 1 aliphatic carbocycles. The zero-order chi connectivity index (χ0) is 23.7. The Morgan fingerprint density at radius 3 is 1.76 bits per heavy atom. The summed E-state index contributed by atoms with van der Waals surface area (Å²) in [7, 11) is -8.26. The number of fused-ring (bicyclic) bond motifs is 3. The van der Waals surface area contributed by atoms with Crippen LogP contribution in [0.5, 0.6) is 0 Å². The van der Waals surface area contributed by atoms with Gasteiger partial charge in [-0.3, -0.25) is 9.11 Å². The zero-order valence-corrected chi connectivity index (χ0v) is 19.6. The molecule has 33 heavy (non-hydrogen) atoms. The average molecular weight is 487 g/mol. The third-order valence-corrected chi connectivity index (χ3v) is 8.00. The Kier molecular flexibility index (Phi) is 6.46. The highest BCUT2D eigenvalue weighted by atomic mass is 32.2. The monoisotopic (exact) mass is 486 g/mol. The van der Waals surface area contributed by atoms with Gasteiger partial charge in [0.25, 0.3) is 20.2 Å². The second-order valence-corrected chi connectivity index (χ2v) is 11.7. The van der Waals surface area contributed by atoms with Crippen molar-refractivity contribution in [1.29, 1.82) is 0 Å². The van der Waals surface area contributed by atoms with Crippen LogP contribution in [0.4, 0.5) is 0 Å². The molecule has 0 fully saturated rings. The molecule has 0 radical (unpaired) electrons. The average Bonchev–Trinajstić information content (AvgIpc) is 3.02. The third-order valence-electron chi connectivity index (χ3n) is 6.39. The summed E-state index contributed by atoms with van der Waals surface area (Å²) < 4.78 is 64.3. The van der Waals surface area contributed by atoms with Gasteiger partial charge in [-0.25, -0.2) is 0 Å². The van der Waals surface area contributed by atoms with Gasteiger partial charge in [-0.15, -0.1) is 0 Å². The first kappa shape index (κ1) is 23.6. The van der Waals surface area contributed by atoms with Crippen LogP contribution >= 0.6 is 0 Å². The molecule has 0 saturated carbocycles. The van der Waals surface area contributed by atoms with Crippen LogP contribution in [0.15, 0.2) is 72.8 Å². The minimum Gasteiger partial charge on any atom is -0.286 e. The molecule has 6 nitrogen and oxygen atoms in total. The smallest absolute Gasteiger partial charge is 0.264 e. The van der Waals surface area contributed by atoms with Gasteiger partial charge in [-0.2, -0.15) is 16.8 Å². The Bertz CT molecular complexity index is 1330. The van der Waals surface area contributed by atoms with Gasteiger partial charge in [0.15, 0.2) is 0 Å². The van der Waals surface area contributed by atoms with E-state index in [2.05, 4.69) is 18.2 Å². The summed E-state index contributed by atoms with van der Waals surface area (Å²) in [6.07, 6.45) is 1.27. The molecule has 0 atom stereocenters. The summed E-state index contributed by atoms with van der Waals surface area (Å²) in [5.74, 6) is -0.744. The Morgan fingerprint density at radius 1 is 0.606 bits per heavy atom. The van der Waals surface area contributed by atoms with Crippen LogP contribution < -0.4 is 0 Å². The van der Waals surface area contributed by atoms with E-state index in [4.69, 9.17) is 0 Å². The minimum atomic E-state index is -4.13. The summed E-state index contributed by atoms with van der Waals surface area (Å²) >= 11 is 0. The molecule has 0 aromatic heterocycles. The van der Waals surface area contributed by atoms with Crippen LogP contribution in [0.3, 0.4) is 0 Å². The highest BCUT2D eigenvalue weighted by molar-refractivity contribution is 7.86. The summed E-state index contributed by atoms with van der Waals surface area (Å²) in [4.78, 5) is 0. The molecule has 4 rings (SSSR count). The van der Waals surface area contributed by atoms with Gasteiger partial charge in [-0.1, -0.05) is 66.7 Å². The fraction of sp³-hybridized carbons (Fsp3) is 0.280. The van der Waals surface area contributed by atoms with Crippen LogP contribution in [0.1, 0.15) is 36.8 Å². The highest BCUT2D eigenvalue weighted by Crippen LogP contribution is 2.54. The number of rotatable bonds is 9. The van der Waals surface area contributed by atoms with Crippen molar-refractivity contribution in [2.75, 3.05) is 11.5 Å². The maximum Gasteiger partial charge on any atom is 0.264 e. The predicted octanol–water partition coefficient (Wildman–Crippen LogP) is 4.96. The molecule has 3 aromatic rings. The van der Waals surface area contributed by atoms with Crippen LogP contribution in [0.2, 0.25) is 0 Å². The Hall–Kier alpha value is -2.52. The van der Waals surface area contributed by atoms with Crippen molar-refractivity contribution in [3.05, 3.63) is 83.9 Å². The van der Waals surface area contributed by atoms with Crippen molar-refractivity contribution < 1.29 is 25.9 Å². The normalized spacial score (nSPS) is 14.6. The van der Waals surface area contributed by atoms with E-state index in [9.17, 15) is 25.9 Å². The Balaban J connectivity index is 1.84. The van der Waals surface area contributed by atoms with E-state index in [1.54, 1.807) is 0 Å². The molecule has 8 heteroatoms. The number of hydrogen-bond donors (Lipinski definition) is 2. The molecule has 0 saturated heterocycles.